The van der Waals surface area contributed by atoms with Crippen LogP contribution in [0, 0.1) is 0 Å². The molecule has 2 aromatic rings. The molecule has 1 aliphatic rings. The molecule has 0 aliphatic carbocycles. The predicted octanol–water partition coefficient (Wildman–Crippen LogP) is 2.77. The normalized spacial score (nSPS) is 15.8. The van der Waals surface area contributed by atoms with Crippen LogP contribution in [0.15, 0.2) is 59.5 Å². The molecule has 0 N–H and O–H groups in total. The van der Waals surface area contributed by atoms with Crippen LogP contribution in [0.25, 0.3) is 0 Å². The summed E-state index contributed by atoms with van der Waals surface area (Å²) in [7, 11) is -0.260. The summed E-state index contributed by atoms with van der Waals surface area (Å²) >= 11 is 0. The Labute approximate surface area is 148 Å². The topological polar surface area (TPSA) is 60.9 Å². The highest BCUT2D eigenvalue weighted by atomic mass is 32.2. The second-order valence-electron chi connectivity index (χ2n) is 6.00. The van der Waals surface area contributed by atoms with Crippen LogP contribution in [0.5, 0.6) is 0 Å². The maximum Gasteiger partial charge on any atom is 0.338 e. The molecule has 132 valence electrons. The second kappa shape index (κ2) is 6.76. The highest BCUT2D eigenvalue weighted by Gasteiger charge is 2.39. The largest absolute Gasteiger partial charge is 0.375 e. The zero-order valence-corrected chi connectivity index (χ0v) is 15.1. The molecule has 0 unspecified atom stereocenters. The molecule has 0 radical (unpaired) electrons. The third-order valence-corrected chi connectivity index (χ3v) is 6.17. The quantitative estimate of drug-likeness (QED) is 0.824. The summed E-state index contributed by atoms with van der Waals surface area (Å²) < 4.78 is 26.5. The molecule has 0 spiro atoms. The molecule has 25 heavy (non-hydrogen) atoms. The Morgan fingerprint density at radius 1 is 1.00 bits per heavy atom. The first-order valence-electron chi connectivity index (χ1n) is 8.08. The lowest BCUT2D eigenvalue weighted by atomic mass is 10.3. The Bertz CT molecular complexity index is 868. The first-order valence-corrected chi connectivity index (χ1v) is 9.52. The molecule has 0 atom stereocenters. The minimum atomic E-state index is -3.80. The van der Waals surface area contributed by atoms with Crippen molar-refractivity contribution in [2.24, 2.45) is 0 Å². The van der Waals surface area contributed by atoms with E-state index in [4.69, 9.17) is 0 Å². The first-order chi connectivity index (χ1) is 11.9. The SMILES string of the molecule is CN(CCCN1C(=O)N(C)c2ccccc2S1(=O)=O)c1ccccc1. The van der Waals surface area contributed by atoms with E-state index in [0.717, 1.165) is 9.99 Å². The van der Waals surface area contributed by atoms with Crippen molar-refractivity contribution in [1.29, 1.82) is 0 Å². The zero-order valence-electron chi connectivity index (χ0n) is 14.3. The zero-order chi connectivity index (χ0) is 18.0. The molecule has 1 heterocycles. The van der Waals surface area contributed by atoms with Gasteiger partial charge in [0.05, 0.1) is 5.69 Å². The predicted molar refractivity (Wildman–Crippen MR) is 98.5 cm³/mol. The third-order valence-electron chi connectivity index (χ3n) is 4.35. The fraction of sp³-hybridized carbons (Fsp3) is 0.278. The lowest BCUT2D eigenvalue weighted by molar-refractivity contribution is 0.229. The van der Waals surface area contributed by atoms with Crippen molar-refractivity contribution < 1.29 is 13.2 Å². The van der Waals surface area contributed by atoms with Crippen LogP contribution in [0.2, 0.25) is 0 Å². The van der Waals surface area contributed by atoms with Crippen LogP contribution >= 0.6 is 0 Å². The van der Waals surface area contributed by atoms with Gasteiger partial charge in [0.15, 0.2) is 0 Å². The van der Waals surface area contributed by atoms with Crippen molar-refractivity contribution in [2.75, 3.05) is 37.0 Å². The van der Waals surface area contributed by atoms with E-state index in [9.17, 15) is 13.2 Å². The fourth-order valence-electron chi connectivity index (χ4n) is 2.92. The lowest BCUT2D eigenvalue weighted by Gasteiger charge is -2.34. The number of urea groups is 1. The standard InChI is InChI=1S/C18H21N3O3S/c1-19(15-9-4-3-5-10-15)13-8-14-21-18(22)20(2)16-11-6-7-12-17(16)25(21,23)24/h3-7,9-12H,8,13-14H2,1-2H3. The van der Waals surface area contributed by atoms with Crippen molar-refractivity contribution in [2.45, 2.75) is 11.3 Å². The average Bonchev–Trinajstić information content (AvgIpc) is 2.63. The number of carbonyl (C=O) groups excluding carboxylic acids is 1. The molecule has 7 heteroatoms. The van der Waals surface area contributed by atoms with Crippen LogP contribution in [0.1, 0.15) is 6.42 Å². The number of hydrogen-bond acceptors (Lipinski definition) is 4. The Balaban J connectivity index is 1.73. The monoisotopic (exact) mass is 359 g/mol. The lowest BCUT2D eigenvalue weighted by Crippen LogP contribution is -2.49. The van der Waals surface area contributed by atoms with Crippen LogP contribution in [0.4, 0.5) is 16.2 Å². The van der Waals surface area contributed by atoms with Crippen molar-refractivity contribution in [1.82, 2.24) is 4.31 Å². The third kappa shape index (κ3) is 3.19. The maximum absolute atomic E-state index is 12.8. The molecule has 0 bridgehead atoms. The number of carbonyl (C=O) groups is 1. The van der Waals surface area contributed by atoms with E-state index in [0.29, 0.717) is 18.7 Å². The van der Waals surface area contributed by atoms with Crippen molar-refractivity contribution >= 4 is 27.4 Å². The number of rotatable bonds is 5. The molecule has 2 aromatic carbocycles. The maximum atomic E-state index is 12.8. The van der Waals surface area contributed by atoms with Gasteiger partial charge >= 0.3 is 6.03 Å². The number of benzene rings is 2. The van der Waals surface area contributed by atoms with Gasteiger partial charge in [-0.1, -0.05) is 30.3 Å². The number of para-hydroxylation sites is 2. The molecule has 0 fully saturated rings. The second-order valence-corrected chi connectivity index (χ2v) is 7.83. The Morgan fingerprint density at radius 2 is 1.64 bits per heavy atom. The Hall–Kier alpha value is -2.54. The fourth-order valence-corrected chi connectivity index (χ4v) is 4.58. The summed E-state index contributed by atoms with van der Waals surface area (Å²) in [5.41, 5.74) is 1.47. The Kier molecular flexibility index (Phi) is 4.67. The van der Waals surface area contributed by atoms with Gasteiger partial charge in [0.25, 0.3) is 10.0 Å². The number of nitrogens with zero attached hydrogens (tertiary/aromatic N) is 3. The van der Waals surface area contributed by atoms with Crippen LogP contribution in [-0.4, -0.2) is 45.9 Å². The van der Waals surface area contributed by atoms with Gasteiger partial charge in [-0.15, -0.1) is 0 Å². The van der Waals surface area contributed by atoms with E-state index in [-0.39, 0.29) is 11.4 Å². The van der Waals surface area contributed by atoms with E-state index >= 15 is 0 Å². The van der Waals surface area contributed by atoms with Gasteiger partial charge < -0.3 is 4.90 Å². The number of sulfonamides is 1. The minimum Gasteiger partial charge on any atom is -0.375 e. The summed E-state index contributed by atoms with van der Waals surface area (Å²) in [4.78, 5) is 16.1. The highest BCUT2D eigenvalue weighted by Crippen LogP contribution is 2.33. The summed E-state index contributed by atoms with van der Waals surface area (Å²) in [5, 5.41) is 0. The van der Waals surface area contributed by atoms with Gasteiger partial charge in [-0.25, -0.2) is 17.5 Å². The van der Waals surface area contributed by atoms with E-state index in [1.807, 2.05) is 42.3 Å². The van der Waals surface area contributed by atoms with E-state index in [1.165, 1.54) is 11.0 Å². The molecular formula is C18H21N3O3S. The van der Waals surface area contributed by atoms with Gasteiger partial charge in [0.1, 0.15) is 4.90 Å². The van der Waals surface area contributed by atoms with Crippen LogP contribution in [0.3, 0.4) is 0 Å². The molecule has 3 rings (SSSR count). The molecule has 1 aliphatic heterocycles. The minimum absolute atomic E-state index is 0.150. The molecule has 6 nitrogen and oxygen atoms in total. The highest BCUT2D eigenvalue weighted by molar-refractivity contribution is 7.90. The van der Waals surface area contributed by atoms with Crippen LogP contribution in [-0.2, 0) is 10.0 Å². The summed E-state index contributed by atoms with van der Waals surface area (Å²) in [6.45, 7) is 0.797. The van der Waals surface area contributed by atoms with Crippen LogP contribution < -0.4 is 9.80 Å². The van der Waals surface area contributed by atoms with Crippen molar-refractivity contribution in [3.8, 4) is 0 Å². The van der Waals surface area contributed by atoms with Gasteiger partial charge in [-0.2, -0.15) is 0 Å². The molecule has 0 saturated heterocycles. The summed E-state index contributed by atoms with van der Waals surface area (Å²) in [6.07, 6.45) is 0.548. The Morgan fingerprint density at radius 3 is 2.36 bits per heavy atom. The summed E-state index contributed by atoms with van der Waals surface area (Å²) in [6, 6.07) is 15.9. The average molecular weight is 359 g/mol. The number of fused-ring (bicyclic) bond motifs is 1. The number of amides is 2. The van der Waals surface area contributed by atoms with Crippen molar-refractivity contribution in [3.05, 3.63) is 54.6 Å². The van der Waals surface area contributed by atoms with Gasteiger partial charge in [0, 0.05) is 32.9 Å². The van der Waals surface area contributed by atoms with E-state index < -0.39 is 16.1 Å². The first kappa shape index (κ1) is 17.3. The molecular weight excluding hydrogens is 338 g/mol. The van der Waals surface area contributed by atoms with Gasteiger partial charge in [-0.05, 0) is 30.7 Å². The van der Waals surface area contributed by atoms with Gasteiger partial charge in [-0.3, -0.25) is 4.90 Å². The summed E-state index contributed by atoms with van der Waals surface area (Å²) in [5.74, 6) is 0. The number of hydrogen-bond donors (Lipinski definition) is 0. The molecule has 0 aromatic heterocycles. The number of anilines is 2. The molecule has 0 saturated carbocycles. The van der Waals surface area contributed by atoms with Crippen molar-refractivity contribution in [3.63, 3.8) is 0 Å². The molecule has 2 amide bonds. The van der Waals surface area contributed by atoms with E-state index in [2.05, 4.69) is 0 Å². The van der Waals surface area contributed by atoms with Gasteiger partial charge in [0.2, 0.25) is 0 Å². The van der Waals surface area contributed by atoms with E-state index in [1.54, 1.807) is 25.2 Å². The smallest absolute Gasteiger partial charge is 0.338 e.